The standard InChI is InChI=1S/C5H6O2.CH3.Y/c1-4(6)3-5(2)7;;/h1-3H2;1H3;/q-2;-1;+3. The Bertz CT molecular complexity index is 87.2. The zero-order valence-electron chi connectivity index (χ0n) is 5.52. The molecule has 0 aliphatic carbocycles. The van der Waals surface area contributed by atoms with E-state index in [0.29, 0.717) is 0 Å². The average Bonchev–Trinajstić information content (AvgIpc) is 1.27. The van der Waals surface area contributed by atoms with Crippen LogP contribution in [0.5, 0.6) is 0 Å². The SMILES string of the molecule is [CH2-]C(=O)CC([CH2-])=O.[CH3-].[Y+3]. The second kappa shape index (κ2) is 8.18. The minimum atomic E-state index is -0.375. The van der Waals surface area contributed by atoms with Crippen molar-refractivity contribution in [2.45, 2.75) is 6.42 Å². The number of carbonyl (C=O) groups is 2. The van der Waals surface area contributed by atoms with Gasteiger partial charge in [-0.2, -0.15) is 0 Å². The fourth-order valence-electron chi connectivity index (χ4n) is 0.220. The molecule has 0 aliphatic rings. The summed E-state index contributed by atoms with van der Waals surface area (Å²) in [4.78, 5) is 19.8. The van der Waals surface area contributed by atoms with Gasteiger partial charge in [0.15, 0.2) is 0 Å². The molecule has 0 saturated heterocycles. The summed E-state index contributed by atoms with van der Waals surface area (Å²) in [7, 11) is 0. The maximum absolute atomic E-state index is 9.88. The van der Waals surface area contributed by atoms with Gasteiger partial charge in [-0.15, -0.1) is 0 Å². The third-order valence-corrected chi connectivity index (χ3v) is 0.394. The second-order valence-electron chi connectivity index (χ2n) is 1.25. The minimum absolute atomic E-state index is 0. The second-order valence-corrected chi connectivity index (χ2v) is 1.25. The molecule has 0 atom stereocenters. The van der Waals surface area contributed by atoms with Gasteiger partial charge in [-0.05, 0) is 0 Å². The predicted molar refractivity (Wildman–Crippen MR) is 31.8 cm³/mol. The molecule has 9 heavy (non-hydrogen) atoms. The summed E-state index contributed by atoms with van der Waals surface area (Å²) < 4.78 is 0. The largest absolute Gasteiger partial charge is 3.00 e. The Morgan fingerprint density at radius 2 is 1.33 bits per heavy atom. The van der Waals surface area contributed by atoms with Gasteiger partial charge >= 0.3 is 32.7 Å². The van der Waals surface area contributed by atoms with E-state index in [1.165, 1.54) is 0 Å². The summed E-state index contributed by atoms with van der Waals surface area (Å²) in [6, 6.07) is 0. The smallest absolute Gasteiger partial charge is 0.358 e. The zero-order valence-corrected chi connectivity index (χ0v) is 8.35. The fraction of sp³-hybridized carbons (Fsp3) is 0.167. The maximum atomic E-state index is 9.88. The van der Waals surface area contributed by atoms with Gasteiger partial charge in [0.2, 0.25) is 0 Å². The van der Waals surface area contributed by atoms with E-state index in [1.807, 2.05) is 0 Å². The first-order chi connectivity index (χ1) is 3.13. The maximum Gasteiger partial charge on any atom is 3.00 e. The summed E-state index contributed by atoms with van der Waals surface area (Å²) >= 11 is 0. The molecule has 48 valence electrons. The van der Waals surface area contributed by atoms with Crippen LogP contribution in [0, 0.1) is 21.3 Å². The number of Topliss-reactive ketones (excluding diaryl/α,β-unsaturated/α-hetero) is 2. The van der Waals surface area contributed by atoms with Crippen molar-refractivity contribution in [2.75, 3.05) is 0 Å². The first-order valence-corrected chi connectivity index (χ1v) is 1.82. The summed E-state index contributed by atoms with van der Waals surface area (Å²) in [6.45, 7) is 5.96. The van der Waals surface area contributed by atoms with Gasteiger partial charge in [-0.3, -0.25) is 0 Å². The van der Waals surface area contributed by atoms with Crippen LogP contribution >= 0.6 is 0 Å². The van der Waals surface area contributed by atoms with Gasteiger partial charge in [-0.25, -0.2) is 0 Å². The summed E-state index contributed by atoms with van der Waals surface area (Å²) in [6.07, 6.45) is -0.139. The van der Waals surface area contributed by atoms with E-state index >= 15 is 0 Å². The van der Waals surface area contributed by atoms with Crippen LogP contribution in [-0.2, 0) is 42.3 Å². The molecule has 0 radical (unpaired) electrons. The average molecular weight is 202 g/mol. The molecule has 0 amide bonds. The molecule has 0 fully saturated rings. The molecule has 0 aromatic carbocycles. The van der Waals surface area contributed by atoms with Crippen LogP contribution < -0.4 is 0 Å². The summed E-state index contributed by atoms with van der Waals surface area (Å²) in [5.41, 5.74) is 0. The van der Waals surface area contributed by atoms with Gasteiger partial charge in [0.05, 0.1) is 0 Å². The molecule has 0 heterocycles. The van der Waals surface area contributed by atoms with Gasteiger partial charge in [0.1, 0.15) is 0 Å². The van der Waals surface area contributed by atoms with E-state index in [-0.39, 0.29) is 58.1 Å². The van der Waals surface area contributed by atoms with Crippen molar-refractivity contribution < 1.29 is 42.3 Å². The van der Waals surface area contributed by atoms with E-state index in [2.05, 4.69) is 13.8 Å². The molecule has 0 unspecified atom stereocenters. The zero-order chi connectivity index (χ0) is 5.86. The van der Waals surface area contributed by atoms with Crippen molar-refractivity contribution >= 4 is 11.6 Å². The Hall–Kier alpha value is 0.184. The van der Waals surface area contributed by atoms with Crippen molar-refractivity contribution in [3.63, 3.8) is 0 Å². The number of rotatable bonds is 2. The third-order valence-electron chi connectivity index (χ3n) is 0.394. The normalized spacial score (nSPS) is 6.22. The summed E-state index contributed by atoms with van der Waals surface area (Å²) in [5, 5.41) is 0. The molecule has 0 aromatic heterocycles. The number of hydrogen-bond donors (Lipinski definition) is 0. The van der Waals surface area contributed by atoms with Crippen LogP contribution in [0.1, 0.15) is 6.42 Å². The monoisotopic (exact) mass is 202 g/mol. The number of carbonyl (C=O) groups excluding carboxylic acids is 2. The van der Waals surface area contributed by atoms with Gasteiger partial charge < -0.3 is 30.9 Å². The third kappa shape index (κ3) is 17.9. The Morgan fingerprint density at radius 1 is 1.11 bits per heavy atom. The van der Waals surface area contributed by atoms with Crippen LogP contribution in [0.3, 0.4) is 0 Å². The molecule has 0 rings (SSSR count). The first kappa shape index (κ1) is 16.1. The van der Waals surface area contributed by atoms with Gasteiger partial charge in [0.25, 0.3) is 0 Å². The Kier molecular flexibility index (Phi) is 14.6. The Morgan fingerprint density at radius 3 is 1.33 bits per heavy atom. The van der Waals surface area contributed by atoms with Crippen molar-refractivity contribution in [2.24, 2.45) is 0 Å². The molecule has 0 saturated carbocycles. The number of ketones is 2. The van der Waals surface area contributed by atoms with Crippen molar-refractivity contribution in [3.05, 3.63) is 21.3 Å². The van der Waals surface area contributed by atoms with Crippen LogP contribution in [0.15, 0.2) is 0 Å². The molecule has 0 bridgehead atoms. The molecule has 3 heteroatoms. The molecule has 0 aliphatic heterocycles. The van der Waals surface area contributed by atoms with Crippen LogP contribution in [0.2, 0.25) is 0 Å². The van der Waals surface area contributed by atoms with Crippen molar-refractivity contribution in [1.29, 1.82) is 0 Å². The molecular formula is C6H9O2Y. The first-order valence-electron chi connectivity index (χ1n) is 1.82. The molecular weight excluding hydrogens is 193 g/mol. The fourth-order valence-corrected chi connectivity index (χ4v) is 0.220. The summed E-state index contributed by atoms with van der Waals surface area (Å²) in [5.74, 6) is -0.750. The van der Waals surface area contributed by atoms with Crippen molar-refractivity contribution in [1.82, 2.24) is 0 Å². The van der Waals surface area contributed by atoms with E-state index in [0.717, 1.165) is 0 Å². The van der Waals surface area contributed by atoms with Crippen LogP contribution in [0.25, 0.3) is 0 Å². The molecule has 0 N–H and O–H groups in total. The predicted octanol–water partition coefficient (Wildman–Crippen LogP) is 0.631. The van der Waals surface area contributed by atoms with E-state index in [4.69, 9.17) is 0 Å². The van der Waals surface area contributed by atoms with E-state index in [1.54, 1.807) is 0 Å². The van der Waals surface area contributed by atoms with Gasteiger partial charge in [0, 0.05) is 18.0 Å². The Balaban J connectivity index is -0.000000180. The van der Waals surface area contributed by atoms with Gasteiger partial charge in [-0.1, -0.05) is 0 Å². The van der Waals surface area contributed by atoms with Crippen molar-refractivity contribution in [3.8, 4) is 0 Å². The van der Waals surface area contributed by atoms with Crippen LogP contribution in [0.4, 0.5) is 0 Å². The van der Waals surface area contributed by atoms with E-state index < -0.39 is 0 Å². The molecule has 0 spiro atoms. The quantitative estimate of drug-likeness (QED) is 0.486. The Labute approximate surface area is 81.3 Å². The molecule has 0 aromatic rings. The topological polar surface area (TPSA) is 34.1 Å². The van der Waals surface area contributed by atoms with E-state index in [9.17, 15) is 9.59 Å². The number of hydrogen-bond acceptors (Lipinski definition) is 2. The minimum Gasteiger partial charge on any atom is -0.358 e. The van der Waals surface area contributed by atoms with Crippen LogP contribution in [-0.4, -0.2) is 11.6 Å². The molecule has 2 nitrogen and oxygen atoms in total.